The van der Waals surface area contributed by atoms with Crippen LogP contribution in [0, 0.1) is 5.82 Å². The Morgan fingerprint density at radius 2 is 1.66 bits per heavy atom. The van der Waals surface area contributed by atoms with Crippen LogP contribution in [-0.2, 0) is 17.1 Å². The first-order chi connectivity index (χ1) is 17.9. The lowest BCUT2D eigenvalue weighted by atomic mass is 10.2. The predicted octanol–water partition coefficient (Wildman–Crippen LogP) is 3.08. The Hall–Kier alpha value is -3.55. The molecular weight excluding hydrogens is 581 g/mol. The fraction of sp³-hybridized carbons (Fsp3) is 0.240. The average molecular weight is 604 g/mol. The van der Waals surface area contributed by atoms with Gasteiger partial charge in [0.15, 0.2) is 0 Å². The number of rotatable bonds is 6. The monoisotopic (exact) mass is 603 g/mol. The van der Waals surface area contributed by atoms with Gasteiger partial charge in [0.25, 0.3) is 11.1 Å². The molecule has 10 nitrogen and oxygen atoms in total. The van der Waals surface area contributed by atoms with E-state index < -0.39 is 32.6 Å². The molecule has 13 heteroatoms. The van der Waals surface area contributed by atoms with Crippen molar-refractivity contribution in [3.63, 3.8) is 0 Å². The van der Waals surface area contributed by atoms with Gasteiger partial charge in [0.05, 0.1) is 22.0 Å². The second-order valence-electron chi connectivity index (χ2n) is 9.21. The summed E-state index contributed by atoms with van der Waals surface area (Å²) in [6, 6.07) is 10.8. The third kappa shape index (κ3) is 4.29. The van der Waals surface area contributed by atoms with Gasteiger partial charge in [-0.3, -0.25) is 18.7 Å². The minimum Gasteiger partial charge on any atom is -0.352 e. The van der Waals surface area contributed by atoms with Gasteiger partial charge in [-0.1, -0.05) is 15.9 Å². The molecule has 0 saturated heterocycles. The number of hydrogen-bond donors (Lipinski definition) is 1. The Labute approximate surface area is 224 Å². The molecule has 1 N–H and O–H groups in total. The molecule has 1 aliphatic carbocycles. The van der Waals surface area contributed by atoms with Gasteiger partial charge in [0.2, 0.25) is 10.0 Å². The van der Waals surface area contributed by atoms with Crippen molar-refractivity contribution in [2.45, 2.75) is 23.8 Å². The maximum atomic E-state index is 14.7. The van der Waals surface area contributed by atoms with E-state index in [0.717, 1.165) is 8.87 Å². The number of halogens is 2. The van der Waals surface area contributed by atoms with Crippen molar-refractivity contribution in [1.29, 1.82) is 0 Å². The van der Waals surface area contributed by atoms with Gasteiger partial charge in [-0.05, 0) is 55.3 Å². The maximum absolute atomic E-state index is 14.7. The summed E-state index contributed by atoms with van der Waals surface area (Å²) in [5.74, 6) is -0.610. The highest BCUT2D eigenvalue weighted by Gasteiger charge is 2.31. The number of aromatic nitrogens is 3. The van der Waals surface area contributed by atoms with E-state index in [0.29, 0.717) is 17.3 Å². The first kappa shape index (κ1) is 26.1. The first-order valence-electron chi connectivity index (χ1n) is 11.6. The maximum Gasteiger partial charge on any atom is 0.337 e. The molecule has 2 aromatic heterocycles. The Morgan fingerprint density at radius 3 is 2.24 bits per heavy atom. The number of nitrogens with one attached hydrogen (secondary N) is 1. The molecule has 0 aliphatic heterocycles. The van der Waals surface area contributed by atoms with Crippen molar-refractivity contribution in [3.8, 4) is 5.69 Å². The van der Waals surface area contributed by atoms with E-state index >= 15 is 0 Å². The summed E-state index contributed by atoms with van der Waals surface area (Å²) in [4.78, 5) is 40.4. The summed E-state index contributed by atoms with van der Waals surface area (Å²) < 4.78 is 44.9. The van der Waals surface area contributed by atoms with E-state index in [9.17, 15) is 27.2 Å². The topological polar surface area (TPSA) is 115 Å². The van der Waals surface area contributed by atoms with E-state index in [1.807, 2.05) is 0 Å². The van der Waals surface area contributed by atoms with Gasteiger partial charge in [-0.25, -0.2) is 26.5 Å². The van der Waals surface area contributed by atoms with Crippen molar-refractivity contribution in [1.82, 2.24) is 18.0 Å². The van der Waals surface area contributed by atoms with Crippen LogP contribution in [0.2, 0.25) is 0 Å². The number of sulfonamides is 1. The SMILES string of the molecule is CN(C)S(=O)(=O)c1ccc(-n2c(=O)n(C3CC3)c(=O)c3c(Nc4ccc(Br)cc4F)cc(=O)n(C)c32)cc1. The normalized spacial score (nSPS) is 13.8. The van der Waals surface area contributed by atoms with E-state index in [2.05, 4.69) is 21.2 Å². The second kappa shape index (κ2) is 9.33. The van der Waals surface area contributed by atoms with Crippen molar-refractivity contribution in [3.05, 3.63) is 90.0 Å². The summed E-state index contributed by atoms with van der Waals surface area (Å²) >= 11 is 3.20. The van der Waals surface area contributed by atoms with Crippen molar-refractivity contribution in [2.75, 3.05) is 19.4 Å². The molecule has 38 heavy (non-hydrogen) atoms. The first-order valence-corrected chi connectivity index (χ1v) is 13.8. The highest BCUT2D eigenvalue weighted by Crippen LogP contribution is 2.34. The van der Waals surface area contributed by atoms with Crippen LogP contribution in [0.1, 0.15) is 18.9 Å². The molecule has 0 amide bonds. The molecule has 1 aliphatic rings. The van der Waals surface area contributed by atoms with Crippen molar-refractivity contribution in [2.24, 2.45) is 7.05 Å². The largest absolute Gasteiger partial charge is 0.352 e. The number of aryl methyl sites for hydroxylation is 1. The third-order valence-electron chi connectivity index (χ3n) is 6.44. The highest BCUT2D eigenvalue weighted by atomic mass is 79.9. The quantitative estimate of drug-likeness (QED) is 0.362. The highest BCUT2D eigenvalue weighted by molar-refractivity contribution is 9.10. The van der Waals surface area contributed by atoms with Crippen LogP contribution in [0.4, 0.5) is 15.8 Å². The van der Waals surface area contributed by atoms with Gasteiger partial charge < -0.3 is 5.32 Å². The van der Waals surface area contributed by atoms with E-state index in [1.165, 1.54) is 72.7 Å². The molecule has 2 aromatic carbocycles. The minimum atomic E-state index is -3.72. The van der Waals surface area contributed by atoms with Gasteiger partial charge >= 0.3 is 5.69 Å². The fourth-order valence-electron chi connectivity index (χ4n) is 4.26. The molecule has 5 rings (SSSR count). The van der Waals surface area contributed by atoms with Gasteiger partial charge in [0.1, 0.15) is 16.9 Å². The van der Waals surface area contributed by atoms with Crippen LogP contribution in [-0.4, -0.2) is 40.5 Å². The van der Waals surface area contributed by atoms with Gasteiger partial charge in [0, 0.05) is 37.7 Å². The zero-order chi connectivity index (χ0) is 27.5. The van der Waals surface area contributed by atoms with Crippen molar-refractivity contribution < 1.29 is 12.8 Å². The zero-order valence-electron chi connectivity index (χ0n) is 20.6. The molecule has 0 spiro atoms. The molecule has 198 valence electrons. The zero-order valence-corrected chi connectivity index (χ0v) is 23.0. The van der Waals surface area contributed by atoms with Crippen LogP contribution >= 0.6 is 15.9 Å². The second-order valence-corrected chi connectivity index (χ2v) is 12.3. The van der Waals surface area contributed by atoms with E-state index in [4.69, 9.17) is 0 Å². The standard InChI is InChI=1S/C25H23BrFN5O5S/c1-29(2)38(36,37)17-9-7-15(8-10-17)31-23-22(24(34)32(25(31)35)16-5-6-16)20(13-21(33)30(23)3)28-19-11-4-14(26)12-18(19)27/h4,7-13,16,28H,5-6H2,1-3H3. The number of anilines is 2. The molecule has 2 heterocycles. The average Bonchev–Trinajstić information content (AvgIpc) is 3.69. The summed E-state index contributed by atoms with van der Waals surface area (Å²) in [7, 11) is 0.520. The van der Waals surface area contributed by atoms with Crippen LogP contribution in [0.3, 0.4) is 0 Å². The number of benzene rings is 2. The minimum absolute atomic E-state index is 0.00682. The molecule has 0 radical (unpaired) electrons. The smallest absolute Gasteiger partial charge is 0.337 e. The predicted molar refractivity (Wildman–Crippen MR) is 146 cm³/mol. The molecular formula is C25H23BrFN5O5S. The van der Waals surface area contributed by atoms with Crippen LogP contribution in [0.25, 0.3) is 16.7 Å². The van der Waals surface area contributed by atoms with Crippen LogP contribution in [0.5, 0.6) is 0 Å². The lowest BCUT2D eigenvalue weighted by Gasteiger charge is -2.19. The summed E-state index contributed by atoms with van der Waals surface area (Å²) in [6.45, 7) is 0. The summed E-state index contributed by atoms with van der Waals surface area (Å²) in [6.07, 6.45) is 1.27. The molecule has 0 atom stereocenters. The Balaban J connectivity index is 1.83. The number of nitrogens with zero attached hydrogens (tertiary/aromatic N) is 4. The van der Waals surface area contributed by atoms with Gasteiger partial charge in [-0.2, -0.15) is 0 Å². The number of pyridine rings is 1. The van der Waals surface area contributed by atoms with Crippen molar-refractivity contribution >= 4 is 48.4 Å². The van der Waals surface area contributed by atoms with Crippen LogP contribution < -0.4 is 22.1 Å². The third-order valence-corrected chi connectivity index (χ3v) is 8.76. The molecule has 4 aromatic rings. The molecule has 1 fully saturated rings. The van der Waals surface area contributed by atoms with Crippen LogP contribution in [0.15, 0.2) is 72.3 Å². The summed E-state index contributed by atoms with van der Waals surface area (Å²) in [5.41, 5.74) is -1.47. The van der Waals surface area contributed by atoms with Gasteiger partial charge in [-0.15, -0.1) is 0 Å². The number of hydrogen-bond acceptors (Lipinski definition) is 6. The molecule has 0 unspecified atom stereocenters. The van der Waals surface area contributed by atoms with E-state index in [1.54, 1.807) is 6.07 Å². The Morgan fingerprint density at radius 1 is 1.00 bits per heavy atom. The molecule has 1 saturated carbocycles. The number of fused-ring (bicyclic) bond motifs is 1. The lowest BCUT2D eigenvalue weighted by molar-refractivity contribution is 0.520. The summed E-state index contributed by atoms with van der Waals surface area (Å²) in [5, 5.41) is 2.87. The lowest BCUT2D eigenvalue weighted by Crippen LogP contribution is -2.41. The fourth-order valence-corrected chi connectivity index (χ4v) is 5.50. The Bertz CT molecular complexity index is 1890. The Kier molecular flexibility index (Phi) is 6.40. The van der Waals surface area contributed by atoms with E-state index in [-0.39, 0.29) is 39.0 Å². The molecule has 0 bridgehead atoms.